The molecule has 1 fully saturated rings. The van der Waals surface area contributed by atoms with Gasteiger partial charge in [0, 0.05) is 44.2 Å². The summed E-state index contributed by atoms with van der Waals surface area (Å²) in [6, 6.07) is 6.00. The molecule has 0 unspecified atom stereocenters. The number of anilines is 1. The smallest absolute Gasteiger partial charge is 0.164 e. The number of aryl methyl sites for hydroxylation is 1. The van der Waals surface area contributed by atoms with Crippen LogP contribution >= 0.6 is 0 Å². The zero-order valence-electron chi connectivity index (χ0n) is 15.7. The molecule has 0 radical (unpaired) electrons. The highest BCUT2D eigenvalue weighted by molar-refractivity contribution is 5.95. The fraction of sp³-hybridized carbons (Fsp3) is 0.368. The number of nitrogens with zero attached hydrogens (tertiary/aromatic N) is 6. The summed E-state index contributed by atoms with van der Waals surface area (Å²) in [5.41, 5.74) is 2.72. The van der Waals surface area contributed by atoms with Crippen LogP contribution in [-0.2, 0) is 11.8 Å². The van der Waals surface area contributed by atoms with Gasteiger partial charge >= 0.3 is 0 Å². The van der Waals surface area contributed by atoms with Crippen LogP contribution in [0.3, 0.4) is 0 Å². The van der Waals surface area contributed by atoms with Crippen molar-refractivity contribution < 1.29 is 4.74 Å². The van der Waals surface area contributed by atoms with Gasteiger partial charge in [0.1, 0.15) is 5.82 Å². The number of benzene rings is 1. The highest BCUT2D eigenvalue weighted by Gasteiger charge is 2.16. The van der Waals surface area contributed by atoms with E-state index in [4.69, 9.17) is 14.7 Å². The first-order chi connectivity index (χ1) is 13.8. The van der Waals surface area contributed by atoms with E-state index in [0.717, 1.165) is 72.7 Å². The second-order valence-corrected chi connectivity index (χ2v) is 6.92. The minimum absolute atomic E-state index is 0.664. The fourth-order valence-electron chi connectivity index (χ4n) is 3.60. The maximum atomic E-state index is 5.42. The molecule has 1 aromatic carbocycles. The lowest BCUT2D eigenvalue weighted by Gasteiger charge is -2.26. The molecule has 0 saturated carbocycles. The first-order valence-corrected chi connectivity index (χ1v) is 9.46. The van der Waals surface area contributed by atoms with Crippen molar-refractivity contribution in [3.8, 4) is 11.4 Å². The Kier molecular flexibility index (Phi) is 4.38. The standard InChI is InChI=1S/C19H22N8O/c1-26-19-15(12-22-26)17(20-5-6-27-7-9-28-10-8-27)23-18(24-19)13-3-2-4-16-14(13)11-21-25-16/h2-4,11-12H,5-10H2,1H3,(H,21,25)(H,20,23,24). The lowest BCUT2D eigenvalue weighted by molar-refractivity contribution is 0.0398. The Labute approximate surface area is 161 Å². The van der Waals surface area contributed by atoms with Gasteiger partial charge in [0.2, 0.25) is 0 Å². The molecule has 5 rings (SSSR count). The number of fused-ring (bicyclic) bond motifs is 2. The SMILES string of the molecule is Cn1ncc2c(NCCN3CCOCC3)nc(-c3cccc4[nH]ncc34)nc21. The summed E-state index contributed by atoms with van der Waals surface area (Å²) in [6.45, 7) is 5.31. The third-order valence-corrected chi connectivity index (χ3v) is 5.14. The number of hydrogen-bond donors (Lipinski definition) is 2. The van der Waals surface area contributed by atoms with Crippen LogP contribution in [0.4, 0.5) is 5.82 Å². The lowest BCUT2D eigenvalue weighted by Crippen LogP contribution is -2.39. The van der Waals surface area contributed by atoms with Crippen molar-refractivity contribution in [3.05, 3.63) is 30.6 Å². The molecule has 4 aromatic rings. The normalized spacial score (nSPS) is 15.5. The molecule has 0 bridgehead atoms. The van der Waals surface area contributed by atoms with E-state index in [1.165, 1.54) is 0 Å². The van der Waals surface area contributed by atoms with Gasteiger partial charge in [-0.05, 0) is 6.07 Å². The Bertz CT molecular complexity index is 1110. The molecule has 9 heteroatoms. The van der Waals surface area contributed by atoms with Gasteiger partial charge in [0.05, 0.1) is 36.5 Å². The molecule has 3 aromatic heterocycles. The van der Waals surface area contributed by atoms with E-state index in [1.54, 1.807) is 4.68 Å². The molecule has 1 saturated heterocycles. The van der Waals surface area contributed by atoms with E-state index < -0.39 is 0 Å². The highest BCUT2D eigenvalue weighted by atomic mass is 16.5. The third kappa shape index (κ3) is 3.08. The number of aromatic amines is 1. The molecule has 0 spiro atoms. The van der Waals surface area contributed by atoms with Crippen molar-refractivity contribution >= 4 is 27.8 Å². The molecule has 1 aliphatic rings. The first-order valence-electron chi connectivity index (χ1n) is 9.46. The third-order valence-electron chi connectivity index (χ3n) is 5.14. The van der Waals surface area contributed by atoms with E-state index in [-0.39, 0.29) is 0 Å². The Morgan fingerprint density at radius 3 is 2.93 bits per heavy atom. The molecule has 28 heavy (non-hydrogen) atoms. The van der Waals surface area contributed by atoms with E-state index in [1.807, 2.05) is 37.6 Å². The van der Waals surface area contributed by atoms with Gasteiger partial charge in [-0.25, -0.2) is 9.97 Å². The number of morpholine rings is 1. The second kappa shape index (κ2) is 7.17. The molecule has 0 atom stereocenters. The zero-order chi connectivity index (χ0) is 18.9. The molecule has 144 valence electrons. The second-order valence-electron chi connectivity index (χ2n) is 6.92. The number of hydrogen-bond acceptors (Lipinski definition) is 7. The zero-order valence-corrected chi connectivity index (χ0v) is 15.7. The molecule has 9 nitrogen and oxygen atoms in total. The molecule has 0 amide bonds. The van der Waals surface area contributed by atoms with Crippen LogP contribution in [0.15, 0.2) is 30.6 Å². The minimum Gasteiger partial charge on any atom is -0.379 e. The summed E-state index contributed by atoms with van der Waals surface area (Å²) in [5.74, 6) is 1.47. The van der Waals surface area contributed by atoms with Gasteiger partial charge in [-0.2, -0.15) is 10.2 Å². The van der Waals surface area contributed by atoms with Crippen LogP contribution < -0.4 is 5.32 Å². The summed E-state index contributed by atoms with van der Waals surface area (Å²) >= 11 is 0. The number of aromatic nitrogens is 6. The fourth-order valence-corrected chi connectivity index (χ4v) is 3.60. The van der Waals surface area contributed by atoms with Crippen LogP contribution in [0, 0.1) is 0 Å². The van der Waals surface area contributed by atoms with Crippen molar-refractivity contribution in [2.75, 3.05) is 44.7 Å². The van der Waals surface area contributed by atoms with Gasteiger partial charge < -0.3 is 10.1 Å². The highest BCUT2D eigenvalue weighted by Crippen LogP contribution is 2.28. The van der Waals surface area contributed by atoms with Crippen molar-refractivity contribution in [1.82, 2.24) is 34.8 Å². The van der Waals surface area contributed by atoms with E-state index >= 15 is 0 Å². The molecule has 0 aliphatic carbocycles. The summed E-state index contributed by atoms with van der Waals surface area (Å²) in [6.07, 6.45) is 3.63. The number of ether oxygens (including phenoxy) is 1. The van der Waals surface area contributed by atoms with Crippen molar-refractivity contribution in [2.45, 2.75) is 0 Å². The van der Waals surface area contributed by atoms with Gasteiger partial charge in [-0.1, -0.05) is 12.1 Å². The van der Waals surface area contributed by atoms with Crippen molar-refractivity contribution in [1.29, 1.82) is 0 Å². The molecule has 1 aliphatic heterocycles. The van der Waals surface area contributed by atoms with Crippen LogP contribution in [-0.4, -0.2) is 74.2 Å². The van der Waals surface area contributed by atoms with E-state index in [9.17, 15) is 0 Å². The number of H-pyrrole nitrogens is 1. The maximum Gasteiger partial charge on any atom is 0.164 e. The number of rotatable bonds is 5. The summed E-state index contributed by atoms with van der Waals surface area (Å²) < 4.78 is 7.20. The lowest BCUT2D eigenvalue weighted by atomic mass is 10.1. The summed E-state index contributed by atoms with van der Waals surface area (Å²) in [5, 5.41) is 16.9. The van der Waals surface area contributed by atoms with Crippen LogP contribution in [0.2, 0.25) is 0 Å². The largest absolute Gasteiger partial charge is 0.379 e. The quantitative estimate of drug-likeness (QED) is 0.545. The molecule has 4 heterocycles. The number of nitrogens with one attached hydrogen (secondary N) is 2. The van der Waals surface area contributed by atoms with Crippen molar-refractivity contribution in [2.24, 2.45) is 7.05 Å². The average Bonchev–Trinajstić information content (AvgIpc) is 3.35. The van der Waals surface area contributed by atoms with Crippen LogP contribution in [0.5, 0.6) is 0 Å². The Morgan fingerprint density at radius 2 is 2.04 bits per heavy atom. The predicted molar refractivity (Wildman–Crippen MR) is 107 cm³/mol. The Hall–Kier alpha value is -3.04. The Morgan fingerprint density at radius 1 is 1.14 bits per heavy atom. The molecular weight excluding hydrogens is 356 g/mol. The van der Waals surface area contributed by atoms with E-state index in [0.29, 0.717) is 5.82 Å². The Balaban J connectivity index is 1.49. The van der Waals surface area contributed by atoms with E-state index in [2.05, 4.69) is 25.5 Å². The van der Waals surface area contributed by atoms with Gasteiger partial charge in [-0.15, -0.1) is 0 Å². The molecular formula is C19H22N8O. The summed E-state index contributed by atoms with van der Waals surface area (Å²) in [4.78, 5) is 12.0. The monoisotopic (exact) mass is 378 g/mol. The van der Waals surface area contributed by atoms with Crippen LogP contribution in [0.1, 0.15) is 0 Å². The average molecular weight is 378 g/mol. The first kappa shape index (κ1) is 17.1. The maximum absolute atomic E-state index is 5.42. The van der Waals surface area contributed by atoms with Crippen molar-refractivity contribution in [3.63, 3.8) is 0 Å². The summed E-state index contributed by atoms with van der Waals surface area (Å²) in [7, 11) is 1.90. The van der Waals surface area contributed by atoms with Crippen LogP contribution in [0.25, 0.3) is 33.3 Å². The minimum atomic E-state index is 0.664. The van der Waals surface area contributed by atoms with Gasteiger partial charge in [0.15, 0.2) is 11.5 Å². The predicted octanol–water partition coefficient (Wildman–Crippen LogP) is 1.65. The topological polar surface area (TPSA) is 96.8 Å². The van der Waals surface area contributed by atoms with Gasteiger partial charge in [0.25, 0.3) is 0 Å². The molecule has 2 N–H and O–H groups in total. The van der Waals surface area contributed by atoms with Gasteiger partial charge in [-0.3, -0.25) is 14.7 Å².